The Morgan fingerprint density at radius 2 is 1.85 bits per heavy atom. The molecule has 0 bridgehead atoms. The number of hydrogen-bond donors (Lipinski definition) is 2. The quantitative estimate of drug-likeness (QED) is 0.305. The Balaban J connectivity index is 1.49. The first kappa shape index (κ1) is 27.9. The van der Waals surface area contributed by atoms with E-state index in [1.807, 2.05) is 5.32 Å². The predicted octanol–water partition coefficient (Wildman–Crippen LogP) is 5.54. The van der Waals surface area contributed by atoms with Gasteiger partial charge < -0.3 is 5.32 Å². The van der Waals surface area contributed by atoms with Crippen molar-refractivity contribution in [1.82, 2.24) is 25.6 Å². The molecule has 0 spiro atoms. The molecule has 1 fully saturated rings. The van der Waals surface area contributed by atoms with Gasteiger partial charge in [0.05, 0.1) is 5.69 Å². The lowest BCUT2D eigenvalue weighted by molar-refractivity contribution is -0.203. The Hall–Kier alpha value is -3.65. The van der Waals surface area contributed by atoms with Gasteiger partial charge in [0.2, 0.25) is 0 Å². The zero-order valence-corrected chi connectivity index (χ0v) is 21.1. The molecule has 0 radical (unpaired) electrons. The number of halogens is 7. The van der Waals surface area contributed by atoms with Crippen molar-refractivity contribution < 1.29 is 35.5 Å². The van der Waals surface area contributed by atoms with Crippen LogP contribution in [0.4, 0.5) is 30.7 Å². The van der Waals surface area contributed by atoms with E-state index in [0.29, 0.717) is 12.5 Å². The summed E-state index contributed by atoms with van der Waals surface area (Å²) in [6, 6.07) is 4.58. The number of nitrogens with zero attached hydrogens (tertiary/aromatic N) is 5. The van der Waals surface area contributed by atoms with Gasteiger partial charge in [-0.15, -0.1) is 5.11 Å². The number of nitrogens with one attached hydrogen (secondary N) is 2. The molecule has 1 saturated carbocycles. The average molecular weight is 574 g/mol. The number of aromatic nitrogens is 2. The van der Waals surface area contributed by atoms with Crippen LogP contribution in [0.2, 0.25) is 0 Å². The third-order valence-corrected chi connectivity index (χ3v) is 7.23. The third kappa shape index (κ3) is 5.77. The Morgan fingerprint density at radius 1 is 1.07 bits per heavy atom. The molecule has 40 heavy (non-hydrogen) atoms. The number of benzene rings is 1. The highest BCUT2D eigenvalue weighted by atomic mass is 19.4. The van der Waals surface area contributed by atoms with Gasteiger partial charge >= 0.3 is 12.4 Å². The van der Waals surface area contributed by atoms with Crippen molar-refractivity contribution in [3.8, 4) is 0 Å². The first-order valence-corrected chi connectivity index (χ1v) is 12.8. The maximum Gasteiger partial charge on any atom is 0.416 e. The molecule has 2 aromatic rings. The summed E-state index contributed by atoms with van der Waals surface area (Å²) in [7, 11) is 0. The van der Waals surface area contributed by atoms with Gasteiger partial charge in [-0.1, -0.05) is 17.4 Å². The van der Waals surface area contributed by atoms with Crippen LogP contribution in [0.3, 0.4) is 0 Å². The number of hydrogen-bond acceptors (Lipinski definition) is 6. The lowest BCUT2D eigenvalue weighted by Crippen LogP contribution is -2.60. The molecular weight excluding hydrogens is 547 g/mol. The second-order valence-electron chi connectivity index (χ2n) is 10.3. The molecular formula is C25H26F7N7O. The maximum atomic E-state index is 15.4. The van der Waals surface area contributed by atoms with Gasteiger partial charge in [0.1, 0.15) is 11.5 Å². The summed E-state index contributed by atoms with van der Waals surface area (Å²) in [4.78, 5) is 13.3. The molecule has 5 rings (SSSR count). The van der Waals surface area contributed by atoms with E-state index in [2.05, 4.69) is 21.0 Å². The van der Waals surface area contributed by atoms with E-state index in [4.69, 9.17) is 0 Å². The van der Waals surface area contributed by atoms with E-state index in [1.54, 1.807) is 10.9 Å². The molecule has 2 aliphatic heterocycles. The van der Waals surface area contributed by atoms with Gasteiger partial charge in [0, 0.05) is 36.7 Å². The van der Waals surface area contributed by atoms with Gasteiger partial charge in [-0.25, -0.2) is 9.40 Å². The molecule has 0 unspecified atom stereocenters. The molecule has 0 saturated heterocycles. The fourth-order valence-corrected chi connectivity index (χ4v) is 5.00. The van der Waals surface area contributed by atoms with Crippen LogP contribution in [0.1, 0.15) is 55.3 Å². The van der Waals surface area contributed by atoms with Crippen molar-refractivity contribution in [3.05, 3.63) is 58.8 Å². The number of carbonyl (C=O) groups excluding carboxylic acids is 1. The minimum absolute atomic E-state index is 0.0556. The van der Waals surface area contributed by atoms with Crippen molar-refractivity contribution in [2.75, 3.05) is 6.67 Å². The van der Waals surface area contributed by atoms with Crippen LogP contribution >= 0.6 is 0 Å². The van der Waals surface area contributed by atoms with Crippen LogP contribution in [0.25, 0.3) is 5.57 Å². The maximum absolute atomic E-state index is 15.4. The second-order valence-corrected chi connectivity index (χ2v) is 10.3. The molecule has 3 aliphatic rings. The third-order valence-electron chi connectivity index (χ3n) is 7.23. The Labute approximate surface area is 224 Å². The number of aryl methyl sites for hydroxylation is 1. The van der Waals surface area contributed by atoms with E-state index in [-0.39, 0.29) is 48.5 Å². The van der Waals surface area contributed by atoms with Gasteiger partial charge in [-0.3, -0.25) is 9.48 Å². The number of rotatable bonds is 9. The summed E-state index contributed by atoms with van der Waals surface area (Å²) in [6.45, 7) is 0.455. The van der Waals surface area contributed by atoms with Crippen LogP contribution < -0.4 is 10.9 Å². The fraction of sp³-hybridized carbons (Fsp3) is 0.520. The molecule has 15 heteroatoms. The van der Waals surface area contributed by atoms with E-state index in [9.17, 15) is 31.1 Å². The first-order valence-electron chi connectivity index (χ1n) is 12.8. The second kappa shape index (κ2) is 10.4. The fourth-order valence-electron chi connectivity index (χ4n) is 5.00. The van der Waals surface area contributed by atoms with Gasteiger partial charge in [-0.2, -0.15) is 37.0 Å². The summed E-state index contributed by atoms with van der Waals surface area (Å²) in [5, 5.41) is 14.9. The highest BCUT2D eigenvalue weighted by Gasteiger charge is 2.61. The predicted molar refractivity (Wildman–Crippen MR) is 127 cm³/mol. The number of unbranched alkanes of at least 4 members (excludes halogenated alkanes) is 1. The van der Waals surface area contributed by atoms with Crippen LogP contribution in [0.5, 0.6) is 0 Å². The molecule has 1 aromatic heterocycles. The summed E-state index contributed by atoms with van der Waals surface area (Å²) >= 11 is 0. The van der Waals surface area contributed by atoms with Crippen LogP contribution in [0.15, 0.2) is 46.5 Å². The molecule has 3 heterocycles. The van der Waals surface area contributed by atoms with Crippen molar-refractivity contribution in [2.45, 2.75) is 69.4 Å². The van der Waals surface area contributed by atoms with E-state index >= 15 is 4.39 Å². The zero-order valence-electron chi connectivity index (χ0n) is 21.1. The topological polar surface area (TPSA) is 86.9 Å². The standard InChI is InChI=1S/C25H26F7N7O/c26-19-11-15(3-1-2-9-24(27,28)29)6-7-18(19)23(25(30,31)32)12-17(20-8-10-38(35-20)13-16-4-5-16)21(22(40)34-23)39-14-33-36-37-39/h6-8,10-11,16H,1-5,9,12-14H2,(H,33,37)(H,34,40)/t23-/m0/s1. The first-order chi connectivity index (χ1) is 18.9. The largest absolute Gasteiger partial charge is 0.416 e. The highest BCUT2D eigenvalue weighted by Crippen LogP contribution is 2.49. The summed E-state index contributed by atoms with van der Waals surface area (Å²) in [6.07, 6.45) is -7.69. The molecule has 2 N–H and O–H groups in total. The molecule has 1 atom stereocenters. The van der Waals surface area contributed by atoms with Crippen molar-refractivity contribution >= 4 is 11.5 Å². The molecule has 216 valence electrons. The summed E-state index contributed by atoms with van der Waals surface area (Å²) < 4.78 is 98.8. The normalized spacial score (nSPS) is 21.7. The van der Waals surface area contributed by atoms with Crippen LogP contribution in [-0.4, -0.2) is 39.7 Å². The van der Waals surface area contributed by atoms with E-state index in [1.165, 1.54) is 17.1 Å². The molecule has 1 aromatic carbocycles. The van der Waals surface area contributed by atoms with Crippen molar-refractivity contribution in [2.24, 2.45) is 16.3 Å². The Bertz CT molecular complexity index is 1320. The number of alkyl halides is 6. The molecule has 1 aliphatic carbocycles. The van der Waals surface area contributed by atoms with Crippen molar-refractivity contribution in [1.29, 1.82) is 0 Å². The number of amides is 1. The molecule has 1 amide bonds. The minimum Gasteiger partial charge on any atom is -0.332 e. The number of carbonyl (C=O) groups is 1. The van der Waals surface area contributed by atoms with Crippen LogP contribution in [-0.2, 0) is 23.3 Å². The van der Waals surface area contributed by atoms with E-state index in [0.717, 1.165) is 25.0 Å². The summed E-state index contributed by atoms with van der Waals surface area (Å²) in [5.41, 5.74) is -1.29. The van der Waals surface area contributed by atoms with E-state index < -0.39 is 48.0 Å². The Kier molecular flexibility index (Phi) is 7.25. The number of hydrazine groups is 1. The summed E-state index contributed by atoms with van der Waals surface area (Å²) in [5.74, 6) is -1.91. The monoisotopic (exact) mass is 573 g/mol. The minimum atomic E-state index is -5.13. The lowest BCUT2D eigenvalue weighted by Gasteiger charge is -2.42. The van der Waals surface area contributed by atoms with Gasteiger partial charge in [-0.05, 0) is 55.7 Å². The van der Waals surface area contributed by atoms with Crippen LogP contribution in [0, 0.1) is 11.7 Å². The zero-order chi connectivity index (χ0) is 28.7. The molecule has 8 nitrogen and oxygen atoms in total. The SMILES string of the molecule is O=C1N[C@@](c2ccc(CCCCC(F)(F)F)cc2F)(C(F)(F)F)CC(c2ccn(CC3CC3)n2)=C1N1CN=NN1. The smallest absolute Gasteiger partial charge is 0.332 e. The van der Waals surface area contributed by atoms with Gasteiger partial charge in [0.15, 0.2) is 12.2 Å². The Morgan fingerprint density at radius 3 is 2.48 bits per heavy atom. The lowest BCUT2D eigenvalue weighted by atomic mass is 9.78. The average Bonchev–Trinajstić information content (AvgIpc) is 3.30. The highest BCUT2D eigenvalue weighted by molar-refractivity contribution is 6.03. The van der Waals surface area contributed by atoms with Crippen molar-refractivity contribution in [3.63, 3.8) is 0 Å². The van der Waals surface area contributed by atoms with Gasteiger partial charge in [0.25, 0.3) is 5.91 Å².